The van der Waals surface area contributed by atoms with E-state index in [1.165, 1.54) is 4.90 Å². The highest BCUT2D eigenvalue weighted by atomic mass is 16.5. The van der Waals surface area contributed by atoms with Crippen LogP contribution in [0.4, 0.5) is 0 Å². The monoisotopic (exact) mass is 510 g/mol. The third-order valence-electron chi connectivity index (χ3n) is 5.92. The topological polar surface area (TPSA) is 88.5 Å². The molecule has 8 heteroatoms. The van der Waals surface area contributed by atoms with Gasteiger partial charge in [-0.25, -0.2) is 0 Å². The Morgan fingerprint density at radius 1 is 0.973 bits per heavy atom. The van der Waals surface area contributed by atoms with Gasteiger partial charge in [0.25, 0.3) is 11.7 Å². The van der Waals surface area contributed by atoms with Gasteiger partial charge in [-0.2, -0.15) is 0 Å². The van der Waals surface area contributed by atoms with E-state index in [9.17, 15) is 14.7 Å². The van der Waals surface area contributed by atoms with Gasteiger partial charge in [0.1, 0.15) is 11.5 Å². The van der Waals surface area contributed by atoms with Gasteiger partial charge >= 0.3 is 0 Å². The molecule has 200 valence electrons. The smallest absolute Gasteiger partial charge is 0.295 e. The number of hydrogen-bond donors (Lipinski definition) is 1. The second kappa shape index (κ2) is 12.6. The van der Waals surface area contributed by atoms with E-state index in [4.69, 9.17) is 14.2 Å². The molecule has 8 nitrogen and oxygen atoms in total. The normalized spacial score (nSPS) is 17.1. The van der Waals surface area contributed by atoms with E-state index in [0.29, 0.717) is 67.2 Å². The summed E-state index contributed by atoms with van der Waals surface area (Å²) in [6.07, 6.45) is 0. The van der Waals surface area contributed by atoms with Gasteiger partial charge in [-0.1, -0.05) is 19.9 Å². The fraction of sp³-hybridized carbons (Fsp3) is 0.448. The maximum Gasteiger partial charge on any atom is 0.295 e. The number of amides is 1. The number of benzene rings is 2. The molecule has 0 aromatic heterocycles. The van der Waals surface area contributed by atoms with Crippen LogP contribution < -0.4 is 14.2 Å². The summed E-state index contributed by atoms with van der Waals surface area (Å²) in [4.78, 5) is 29.9. The molecule has 3 rings (SSSR count). The number of aliphatic hydroxyl groups is 1. The fourth-order valence-corrected chi connectivity index (χ4v) is 4.13. The molecular weight excluding hydrogens is 472 g/mol. The number of hydrogen-bond acceptors (Lipinski definition) is 7. The van der Waals surface area contributed by atoms with Crippen LogP contribution >= 0.6 is 0 Å². The zero-order chi connectivity index (χ0) is 27.1. The van der Waals surface area contributed by atoms with Crippen LogP contribution in [-0.4, -0.2) is 73.6 Å². The van der Waals surface area contributed by atoms with Crippen LogP contribution in [0.2, 0.25) is 0 Å². The quantitative estimate of drug-likeness (QED) is 0.255. The Kier molecular flexibility index (Phi) is 9.58. The molecule has 0 bridgehead atoms. The van der Waals surface area contributed by atoms with Gasteiger partial charge in [0.2, 0.25) is 0 Å². The second-order valence-electron chi connectivity index (χ2n) is 9.60. The summed E-state index contributed by atoms with van der Waals surface area (Å²) in [5.41, 5.74) is 1.14. The number of likely N-dealkylation sites (N-methyl/N-ethyl adjacent to an activating group) is 1. The average Bonchev–Trinajstić information content (AvgIpc) is 3.12. The SMILES string of the molecule is CCOc1ccc(C2/C(=C(/O)c3ccc(OCC(C)C)cc3)C(=O)C(=O)N2CCN(C)C)cc1OCC. The summed E-state index contributed by atoms with van der Waals surface area (Å²) in [6, 6.07) is 11.5. The number of ketones is 1. The lowest BCUT2D eigenvalue weighted by Crippen LogP contribution is -2.35. The molecule has 1 aliphatic heterocycles. The van der Waals surface area contributed by atoms with Crippen LogP contribution in [0.25, 0.3) is 5.76 Å². The lowest BCUT2D eigenvalue weighted by atomic mass is 9.95. The van der Waals surface area contributed by atoms with Crippen molar-refractivity contribution in [2.45, 2.75) is 33.7 Å². The van der Waals surface area contributed by atoms with Crippen molar-refractivity contribution >= 4 is 17.4 Å². The summed E-state index contributed by atoms with van der Waals surface area (Å²) in [5.74, 6) is 0.563. The van der Waals surface area contributed by atoms with E-state index >= 15 is 0 Å². The Hall–Kier alpha value is -3.52. The maximum atomic E-state index is 13.3. The second-order valence-corrected chi connectivity index (χ2v) is 9.60. The Morgan fingerprint density at radius 2 is 1.62 bits per heavy atom. The number of aliphatic hydroxyl groups excluding tert-OH is 1. The number of likely N-dealkylation sites (tertiary alicyclic amines) is 1. The molecule has 1 heterocycles. The first-order valence-corrected chi connectivity index (χ1v) is 12.7. The van der Waals surface area contributed by atoms with Gasteiger partial charge in [0.05, 0.1) is 31.4 Å². The zero-order valence-electron chi connectivity index (χ0n) is 22.6. The molecule has 0 saturated carbocycles. The van der Waals surface area contributed by atoms with E-state index in [2.05, 4.69) is 13.8 Å². The van der Waals surface area contributed by atoms with Crippen LogP contribution in [0.1, 0.15) is 44.9 Å². The Balaban J connectivity index is 2.09. The molecule has 1 aliphatic rings. The lowest BCUT2D eigenvalue weighted by Gasteiger charge is -2.27. The van der Waals surface area contributed by atoms with Crippen molar-refractivity contribution in [3.8, 4) is 17.2 Å². The highest BCUT2D eigenvalue weighted by Crippen LogP contribution is 2.42. The maximum absolute atomic E-state index is 13.3. The van der Waals surface area contributed by atoms with Crippen molar-refractivity contribution < 1.29 is 28.9 Å². The number of carbonyl (C=O) groups is 2. The molecule has 1 unspecified atom stereocenters. The van der Waals surface area contributed by atoms with Gasteiger partial charge in [-0.3, -0.25) is 9.59 Å². The summed E-state index contributed by atoms with van der Waals surface area (Å²) < 4.78 is 17.2. The zero-order valence-corrected chi connectivity index (χ0v) is 22.6. The molecule has 1 N–H and O–H groups in total. The average molecular weight is 511 g/mol. The van der Waals surface area contributed by atoms with Crippen LogP contribution in [0.5, 0.6) is 17.2 Å². The van der Waals surface area contributed by atoms with Crippen LogP contribution in [-0.2, 0) is 9.59 Å². The van der Waals surface area contributed by atoms with E-state index in [1.54, 1.807) is 36.4 Å². The minimum atomic E-state index is -0.772. The van der Waals surface area contributed by atoms with Crippen molar-refractivity contribution in [1.29, 1.82) is 0 Å². The number of Topliss-reactive ketones (excluding diaryl/α,β-unsaturated/α-hetero) is 1. The first kappa shape index (κ1) is 28.1. The minimum absolute atomic E-state index is 0.0474. The fourth-order valence-electron chi connectivity index (χ4n) is 4.13. The van der Waals surface area contributed by atoms with Gasteiger partial charge < -0.3 is 29.1 Å². The highest BCUT2D eigenvalue weighted by molar-refractivity contribution is 6.46. The van der Waals surface area contributed by atoms with E-state index in [-0.39, 0.29) is 11.3 Å². The first-order chi connectivity index (χ1) is 17.7. The Labute approximate surface area is 219 Å². The predicted octanol–water partition coefficient (Wildman–Crippen LogP) is 4.50. The number of carbonyl (C=O) groups excluding carboxylic acids is 2. The number of rotatable bonds is 12. The third-order valence-corrected chi connectivity index (χ3v) is 5.92. The van der Waals surface area contributed by atoms with Gasteiger partial charge in [0, 0.05) is 18.7 Å². The van der Waals surface area contributed by atoms with Crippen molar-refractivity contribution in [1.82, 2.24) is 9.80 Å². The molecule has 1 saturated heterocycles. The standard InChI is InChI=1S/C29H38N2O6/c1-7-35-23-14-11-21(17-24(23)36-8-2)26-25(28(33)29(34)31(26)16-15-30(5)6)27(32)20-9-12-22(13-10-20)37-18-19(3)4/h9-14,17,19,26,32H,7-8,15-16,18H2,1-6H3/b27-25-. The largest absolute Gasteiger partial charge is 0.507 e. The first-order valence-electron chi connectivity index (χ1n) is 12.7. The van der Waals surface area contributed by atoms with Crippen molar-refractivity contribution in [3.05, 3.63) is 59.2 Å². The van der Waals surface area contributed by atoms with Crippen molar-refractivity contribution in [2.24, 2.45) is 5.92 Å². The van der Waals surface area contributed by atoms with Gasteiger partial charge in [0.15, 0.2) is 11.5 Å². The van der Waals surface area contributed by atoms with Crippen LogP contribution in [0, 0.1) is 5.92 Å². The Morgan fingerprint density at radius 3 is 2.22 bits per heavy atom. The Bertz CT molecular complexity index is 1120. The molecule has 0 spiro atoms. The summed E-state index contributed by atoms with van der Waals surface area (Å²) in [7, 11) is 3.80. The lowest BCUT2D eigenvalue weighted by molar-refractivity contribution is -0.140. The molecule has 37 heavy (non-hydrogen) atoms. The van der Waals surface area contributed by atoms with E-state index in [0.717, 1.165) is 0 Å². The molecule has 1 fully saturated rings. The third kappa shape index (κ3) is 6.63. The predicted molar refractivity (Wildman–Crippen MR) is 143 cm³/mol. The van der Waals surface area contributed by atoms with E-state index < -0.39 is 17.7 Å². The van der Waals surface area contributed by atoms with Crippen LogP contribution in [0.15, 0.2) is 48.0 Å². The van der Waals surface area contributed by atoms with Gasteiger partial charge in [-0.15, -0.1) is 0 Å². The molecular formula is C29H38N2O6. The van der Waals surface area contributed by atoms with Crippen molar-refractivity contribution in [3.63, 3.8) is 0 Å². The summed E-state index contributed by atoms with van der Waals surface area (Å²) >= 11 is 0. The minimum Gasteiger partial charge on any atom is -0.507 e. The van der Waals surface area contributed by atoms with Gasteiger partial charge in [-0.05, 0) is 75.8 Å². The molecule has 0 radical (unpaired) electrons. The van der Waals surface area contributed by atoms with E-state index in [1.807, 2.05) is 38.9 Å². The molecule has 0 aliphatic carbocycles. The summed E-state index contributed by atoms with van der Waals surface area (Å²) in [5, 5.41) is 11.3. The highest BCUT2D eigenvalue weighted by Gasteiger charge is 2.46. The van der Waals surface area contributed by atoms with Crippen molar-refractivity contribution in [2.75, 3.05) is 47.0 Å². The van der Waals surface area contributed by atoms with Crippen LogP contribution in [0.3, 0.4) is 0 Å². The summed E-state index contributed by atoms with van der Waals surface area (Å²) in [6.45, 7) is 10.2. The molecule has 2 aromatic carbocycles. The number of nitrogens with zero attached hydrogens (tertiary/aromatic N) is 2. The molecule has 1 amide bonds. The molecule has 1 atom stereocenters. The number of ether oxygens (including phenoxy) is 3. The molecule has 2 aromatic rings.